The SMILES string of the molecule is CC(C)C(C)(O)CNC(=O)Cc1ccn(-c2ccc(F)cc2)n1. The smallest absolute Gasteiger partial charge is 0.226 e. The Morgan fingerprint density at radius 1 is 1.35 bits per heavy atom. The molecule has 0 spiro atoms. The predicted molar refractivity (Wildman–Crippen MR) is 85.7 cm³/mol. The zero-order chi connectivity index (χ0) is 17.0. The van der Waals surface area contributed by atoms with Gasteiger partial charge in [-0.15, -0.1) is 0 Å². The van der Waals surface area contributed by atoms with E-state index in [1.165, 1.54) is 12.1 Å². The van der Waals surface area contributed by atoms with Crippen molar-refractivity contribution < 1.29 is 14.3 Å². The van der Waals surface area contributed by atoms with Crippen LogP contribution in [0.3, 0.4) is 0 Å². The van der Waals surface area contributed by atoms with Crippen LogP contribution in [0.4, 0.5) is 4.39 Å². The molecule has 0 fully saturated rings. The van der Waals surface area contributed by atoms with Gasteiger partial charge in [0.2, 0.25) is 5.91 Å². The van der Waals surface area contributed by atoms with Crippen molar-refractivity contribution in [1.82, 2.24) is 15.1 Å². The third-order valence-electron chi connectivity index (χ3n) is 3.96. The Morgan fingerprint density at radius 3 is 2.61 bits per heavy atom. The Morgan fingerprint density at radius 2 is 2.00 bits per heavy atom. The maximum absolute atomic E-state index is 12.9. The van der Waals surface area contributed by atoms with E-state index >= 15 is 0 Å². The third kappa shape index (κ3) is 4.63. The number of nitrogens with zero attached hydrogens (tertiary/aromatic N) is 2. The van der Waals surface area contributed by atoms with Gasteiger partial charge in [-0.2, -0.15) is 5.10 Å². The van der Waals surface area contributed by atoms with Crippen LogP contribution in [0.15, 0.2) is 36.5 Å². The van der Waals surface area contributed by atoms with Crippen molar-refractivity contribution in [3.63, 3.8) is 0 Å². The molecule has 2 aromatic rings. The Balaban J connectivity index is 1.94. The fourth-order valence-corrected chi connectivity index (χ4v) is 1.90. The molecular formula is C17H22FN3O2. The molecule has 1 atom stereocenters. The van der Waals surface area contributed by atoms with Gasteiger partial charge >= 0.3 is 0 Å². The van der Waals surface area contributed by atoms with Gasteiger partial charge < -0.3 is 10.4 Å². The maximum atomic E-state index is 12.9. The number of carbonyl (C=O) groups is 1. The van der Waals surface area contributed by atoms with Gasteiger partial charge in [-0.25, -0.2) is 9.07 Å². The van der Waals surface area contributed by atoms with E-state index in [1.807, 2.05) is 13.8 Å². The van der Waals surface area contributed by atoms with Gasteiger partial charge in [0.1, 0.15) is 5.82 Å². The Bertz CT molecular complexity index is 663. The summed E-state index contributed by atoms with van der Waals surface area (Å²) < 4.78 is 14.5. The minimum atomic E-state index is -0.941. The highest BCUT2D eigenvalue weighted by molar-refractivity contribution is 5.78. The molecule has 0 bridgehead atoms. The number of aliphatic hydroxyl groups is 1. The molecule has 23 heavy (non-hydrogen) atoms. The Hall–Kier alpha value is -2.21. The summed E-state index contributed by atoms with van der Waals surface area (Å²) >= 11 is 0. The van der Waals surface area contributed by atoms with Crippen LogP contribution in [0.1, 0.15) is 26.5 Å². The van der Waals surface area contributed by atoms with E-state index in [1.54, 1.807) is 36.0 Å². The number of rotatable bonds is 6. The standard InChI is InChI=1S/C17H22FN3O2/c1-12(2)17(3,23)11-19-16(22)10-14-8-9-21(20-14)15-6-4-13(18)5-7-15/h4-9,12,23H,10-11H2,1-3H3,(H,19,22). The summed E-state index contributed by atoms with van der Waals surface area (Å²) in [5.41, 5.74) is 0.389. The van der Waals surface area contributed by atoms with E-state index in [0.717, 1.165) is 5.69 Å². The number of carbonyl (C=O) groups excluding carboxylic acids is 1. The van der Waals surface area contributed by atoms with Gasteiger partial charge in [0.25, 0.3) is 0 Å². The van der Waals surface area contributed by atoms with Crippen LogP contribution in [-0.2, 0) is 11.2 Å². The van der Waals surface area contributed by atoms with Crippen LogP contribution in [0.5, 0.6) is 0 Å². The zero-order valence-corrected chi connectivity index (χ0v) is 13.6. The van der Waals surface area contributed by atoms with E-state index in [2.05, 4.69) is 10.4 Å². The molecule has 124 valence electrons. The fraction of sp³-hybridized carbons (Fsp3) is 0.412. The topological polar surface area (TPSA) is 67.2 Å². The quantitative estimate of drug-likeness (QED) is 0.856. The molecule has 0 aliphatic heterocycles. The van der Waals surface area contributed by atoms with E-state index in [-0.39, 0.29) is 30.6 Å². The Labute approximate surface area is 135 Å². The summed E-state index contributed by atoms with van der Waals surface area (Å²) in [5, 5.41) is 17.1. The molecule has 1 unspecified atom stereocenters. The maximum Gasteiger partial charge on any atom is 0.226 e. The molecule has 1 heterocycles. The lowest BCUT2D eigenvalue weighted by Gasteiger charge is -2.27. The van der Waals surface area contributed by atoms with Gasteiger partial charge in [-0.05, 0) is 43.2 Å². The molecule has 2 rings (SSSR count). The molecule has 0 saturated heterocycles. The van der Waals surface area contributed by atoms with Crippen molar-refractivity contribution in [3.05, 3.63) is 48.0 Å². The van der Waals surface area contributed by atoms with Crippen molar-refractivity contribution in [2.75, 3.05) is 6.54 Å². The van der Waals surface area contributed by atoms with Crippen molar-refractivity contribution in [2.24, 2.45) is 5.92 Å². The van der Waals surface area contributed by atoms with E-state index in [0.29, 0.717) is 5.69 Å². The highest BCUT2D eigenvalue weighted by Crippen LogP contribution is 2.14. The van der Waals surface area contributed by atoms with Crippen LogP contribution in [-0.4, -0.2) is 32.9 Å². The van der Waals surface area contributed by atoms with Gasteiger partial charge in [0.15, 0.2) is 0 Å². The second kappa shape index (κ2) is 6.91. The van der Waals surface area contributed by atoms with E-state index in [4.69, 9.17) is 0 Å². The lowest BCUT2D eigenvalue weighted by molar-refractivity contribution is -0.122. The Kier molecular flexibility index (Phi) is 5.15. The fourth-order valence-electron chi connectivity index (χ4n) is 1.90. The second-order valence-corrected chi connectivity index (χ2v) is 6.19. The first-order valence-corrected chi connectivity index (χ1v) is 7.57. The molecule has 6 heteroatoms. The first-order valence-electron chi connectivity index (χ1n) is 7.57. The molecule has 0 aliphatic rings. The van der Waals surface area contributed by atoms with Crippen molar-refractivity contribution in [1.29, 1.82) is 0 Å². The van der Waals surface area contributed by atoms with Crippen LogP contribution < -0.4 is 5.32 Å². The number of nitrogens with one attached hydrogen (secondary N) is 1. The van der Waals surface area contributed by atoms with Gasteiger partial charge in [0.05, 0.1) is 23.4 Å². The number of hydrogen-bond acceptors (Lipinski definition) is 3. The largest absolute Gasteiger partial charge is 0.388 e. The number of amides is 1. The summed E-state index contributed by atoms with van der Waals surface area (Å²) in [4.78, 5) is 12.0. The van der Waals surface area contributed by atoms with Gasteiger partial charge in [-0.3, -0.25) is 4.79 Å². The number of hydrogen-bond donors (Lipinski definition) is 2. The van der Waals surface area contributed by atoms with Crippen molar-refractivity contribution in [2.45, 2.75) is 32.8 Å². The average Bonchev–Trinajstić information content (AvgIpc) is 2.94. The second-order valence-electron chi connectivity index (χ2n) is 6.19. The summed E-state index contributed by atoms with van der Waals surface area (Å²) in [6, 6.07) is 7.69. The molecule has 2 N–H and O–H groups in total. The van der Waals surface area contributed by atoms with Gasteiger partial charge in [-0.1, -0.05) is 13.8 Å². The number of aromatic nitrogens is 2. The highest BCUT2D eigenvalue weighted by atomic mass is 19.1. The molecule has 1 aromatic carbocycles. The lowest BCUT2D eigenvalue weighted by Crippen LogP contribution is -2.44. The molecule has 1 amide bonds. The summed E-state index contributed by atoms with van der Waals surface area (Å²) in [6.07, 6.45) is 1.85. The summed E-state index contributed by atoms with van der Waals surface area (Å²) in [5.74, 6) is -0.464. The van der Waals surface area contributed by atoms with Crippen molar-refractivity contribution >= 4 is 5.91 Å². The van der Waals surface area contributed by atoms with E-state index in [9.17, 15) is 14.3 Å². The lowest BCUT2D eigenvalue weighted by atomic mass is 9.92. The number of halogens is 1. The predicted octanol–water partition coefficient (Wildman–Crippen LogP) is 2.08. The minimum absolute atomic E-state index is 0.0421. The summed E-state index contributed by atoms with van der Waals surface area (Å²) in [7, 11) is 0. The highest BCUT2D eigenvalue weighted by Gasteiger charge is 2.25. The number of benzene rings is 1. The van der Waals surface area contributed by atoms with Crippen LogP contribution >= 0.6 is 0 Å². The average molecular weight is 319 g/mol. The molecule has 5 nitrogen and oxygen atoms in total. The van der Waals surface area contributed by atoms with Gasteiger partial charge in [0, 0.05) is 12.7 Å². The zero-order valence-electron chi connectivity index (χ0n) is 13.6. The van der Waals surface area contributed by atoms with Crippen LogP contribution in [0.2, 0.25) is 0 Å². The molecule has 0 radical (unpaired) electrons. The molecule has 0 aliphatic carbocycles. The third-order valence-corrected chi connectivity index (χ3v) is 3.96. The van der Waals surface area contributed by atoms with Crippen molar-refractivity contribution in [3.8, 4) is 5.69 Å². The molecule has 0 saturated carbocycles. The first-order chi connectivity index (χ1) is 10.8. The van der Waals surface area contributed by atoms with Crippen LogP contribution in [0.25, 0.3) is 5.69 Å². The summed E-state index contributed by atoms with van der Waals surface area (Å²) in [6.45, 7) is 5.69. The monoisotopic (exact) mass is 319 g/mol. The molecule has 1 aromatic heterocycles. The normalized spacial score (nSPS) is 13.8. The first kappa shape index (κ1) is 17.1. The van der Waals surface area contributed by atoms with Crippen LogP contribution in [0, 0.1) is 11.7 Å². The molecular weight excluding hydrogens is 297 g/mol. The minimum Gasteiger partial charge on any atom is -0.388 e. The van der Waals surface area contributed by atoms with E-state index < -0.39 is 5.60 Å².